The first-order valence-electron chi connectivity index (χ1n) is 18.1. The molecule has 11 heteroatoms. The number of ether oxygens (including phenoxy) is 3. The van der Waals surface area contributed by atoms with E-state index in [-0.39, 0.29) is 23.7 Å². The third kappa shape index (κ3) is 7.93. The number of rotatable bonds is 2. The lowest BCUT2D eigenvalue weighted by atomic mass is 9.57. The normalized spacial score (nSPS) is 32.8. The molecule has 6 rings (SSSR count). The summed E-state index contributed by atoms with van der Waals surface area (Å²) < 4.78 is 49.0. The fourth-order valence-electron chi connectivity index (χ4n) is 8.30. The molecule has 1 amide bonds. The van der Waals surface area contributed by atoms with Crippen LogP contribution in [0.5, 0.6) is 5.75 Å². The van der Waals surface area contributed by atoms with Crippen molar-refractivity contribution in [1.82, 2.24) is 9.62 Å². The van der Waals surface area contributed by atoms with Gasteiger partial charge in [0, 0.05) is 29.1 Å². The Labute approximate surface area is 298 Å². The highest BCUT2D eigenvalue weighted by Gasteiger charge is 2.51. The molecule has 5 atom stereocenters. The van der Waals surface area contributed by atoms with Gasteiger partial charge in [0.15, 0.2) is 6.29 Å². The summed E-state index contributed by atoms with van der Waals surface area (Å²) in [5.41, 5.74) is 3.18. The number of carbonyl (C=O) groups is 1. The molecule has 1 aliphatic carbocycles. The number of hydrogen-bond donors (Lipinski definition) is 1. The van der Waals surface area contributed by atoms with Crippen LogP contribution in [0.2, 0.25) is 5.02 Å². The number of fused-ring (bicyclic) bond motifs is 3. The van der Waals surface area contributed by atoms with E-state index >= 15 is 0 Å². The van der Waals surface area contributed by atoms with Gasteiger partial charge in [-0.25, -0.2) is 13.1 Å². The molecule has 0 spiro atoms. The number of nitrogens with zero attached hydrogens (tertiary/aromatic N) is 2. The topological polar surface area (TPSA) is 97.4 Å². The number of sulfonamides is 1. The van der Waals surface area contributed by atoms with E-state index in [4.69, 9.17) is 25.8 Å². The van der Waals surface area contributed by atoms with Gasteiger partial charge < -0.3 is 24.0 Å². The summed E-state index contributed by atoms with van der Waals surface area (Å²) in [4.78, 5) is 18.1. The van der Waals surface area contributed by atoms with Crippen LogP contribution >= 0.6 is 11.6 Å². The number of anilines is 1. The predicted molar refractivity (Wildman–Crippen MR) is 194 cm³/mol. The summed E-state index contributed by atoms with van der Waals surface area (Å²) >= 11 is 6.38. The molecule has 4 aliphatic rings. The lowest BCUT2D eigenvalue weighted by Crippen LogP contribution is -2.55. The number of amides is 1. The molecule has 0 aromatic heterocycles. The van der Waals surface area contributed by atoms with E-state index in [1.54, 1.807) is 13.0 Å². The average molecular weight is 716 g/mol. The Bertz CT molecular complexity index is 1600. The van der Waals surface area contributed by atoms with Crippen molar-refractivity contribution >= 4 is 33.2 Å². The predicted octanol–water partition coefficient (Wildman–Crippen LogP) is 6.67. The highest BCUT2D eigenvalue weighted by atomic mass is 35.5. The molecule has 2 bridgehead atoms. The summed E-state index contributed by atoms with van der Waals surface area (Å²) in [6, 6.07) is 11.5. The van der Waals surface area contributed by atoms with Gasteiger partial charge in [0.05, 0.1) is 30.2 Å². The molecule has 49 heavy (non-hydrogen) atoms. The van der Waals surface area contributed by atoms with Crippen LogP contribution in [-0.4, -0.2) is 77.2 Å². The number of aryl methyl sites for hydroxylation is 1. The second-order valence-corrected chi connectivity index (χ2v) is 17.9. The number of nitrogens with one attached hydrogen (secondary N) is 1. The van der Waals surface area contributed by atoms with E-state index in [2.05, 4.69) is 35.5 Å². The first kappa shape index (κ1) is 36.4. The Hall–Kier alpha value is -2.37. The lowest BCUT2D eigenvalue weighted by Gasteiger charge is -2.54. The molecular weight excluding hydrogens is 662 g/mol. The van der Waals surface area contributed by atoms with Gasteiger partial charge in [0.25, 0.3) is 5.91 Å². The van der Waals surface area contributed by atoms with Crippen molar-refractivity contribution < 1.29 is 27.4 Å². The molecule has 0 radical (unpaired) electrons. The van der Waals surface area contributed by atoms with E-state index in [1.165, 1.54) is 5.56 Å². The Balaban J connectivity index is 1.37. The van der Waals surface area contributed by atoms with Gasteiger partial charge in [-0.05, 0) is 125 Å². The molecule has 1 saturated heterocycles. The zero-order valence-electron chi connectivity index (χ0n) is 29.8. The Morgan fingerprint density at radius 2 is 1.76 bits per heavy atom. The highest BCUT2D eigenvalue weighted by molar-refractivity contribution is 7.90. The maximum Gasteiger partial charge on any atom is 0.264 e. The molecule has 0 unspecified atom stereocenters. The zero-order valence-corrected chi connectivity index (χ0v) is 31.3. The fourth-order valence-corrected chi connectivity index (χ4v) is 9.80. The van der Waals surface area contributed by atoms with Crippen LogP contribution in [-0.2, 0) is 32.5 Å². The third-order valence-electron chi connectivity index (χ3n) is 12.0. The van der Waals surface area contributed by atoms with Gasteiger partial charge in [-0.1, -0.05) is 37.9 Å². The standard InChI is InChI=1S/C38H54ClN3O6S/c1-25-9-8-17-38(3,37-47-23-32(24-48-37)41(4)5)33-15-12-29(33)21-42-18-7-6-10-27-19-31(39)14-11-30(27)22-46-35-16-13-28(20-34(35)42)36(43)40-49(44,45)26(25)2/h11,13-14,16,19-20,25-26,29,32-33,37H,6-10,12,15,17-18,21-24H2,1-5H3,(H,40,43)/t25-,26+,29-,32-,33+,37+,38+/m0/s1. The number of benzene rings is 2. The molecular formula is C38H54ClN3O6S. The number of likely N-dealkylation sites (N-methyl/N-ethyl adjacent to an activating group) is 1. The number of halogens is 1. The first-order valence-corrected chi connectivity index (χ1v) is 20.0. The van der Waals surface area contributed by atoms with Gasteiger partial charge in [-0.15, -0.1) is 0 Å². The lowest BCUT2D eigenvalue weighted by molar-refractivity contribution is -0.272. The molecule has 1 N–H and O–H groups in total. The van der Waals surface area contributed by atoms with Gasteiger partial charge >= 0.3 is 0 Å². The van der Waals surface area contributed by atoms with Gasteiger partial charge in [0.1, 0.15) is 12.4 Å². The largest absolute Gasteiger partial charge is 0.487 e. The van der Waals surface area contributed by atoms with E-state index < -0.39 is 21.2 Å². The van der Waals surface area contributed by atoms with Crippen molar-refractivity contribution in [3.05, 3.63) is 58.1 Å². The van der Waals surface area contributed by atoms with Crippen molar-refractivity contribution in [1.29, 1.82) is 0 Å². The quantitative estimate of drug-likeness (QED) is 0.369. The fraction of sp³-hybridized carbons (Fsp3) is 0.658. The molecule has 3 aliphatic heterocycles. The molecule has 1 saturated carbocycles. The SMILES string of the molecule is C[C@@H]1[C@@H](C)CCC[C@@](C)([C@H]2OC[C@@H](N(C)C)CO2)[C@@H]2CC[C@H]2CN2CCCCc3cc(Cl)ccc3COc3ccc(cc32)C(=O)NS1(=O)=O. The van der Waals surface area contributed by atoms with Gasteiger partial charge in [-0.2, -0.15) is 0 Å². The molecule has 9 nitrogen and oxygen atoms in total. The smallest absolute Gasteiger partial charge is 0.264 e. The zero-order chi connectivity index (χ0) is 34.9. The van der Waals surface area contributed by atoms with E-state index in [0.717, 1.165) is 80.7 Å². The molecule has 2 aromatic carbocycles. The maximum absolute atomic E-state index is 13.6. The van der Waals surface area contributed by atoms with Crippen molar-refractivity contribution in [2.75, 3.05) is 45.3 Å². The van der Waals surface area contributed by atoms with Crippen LogP contribution in [0.4, 0.5) is 5.69 Å². The van der Waals surface area contributed by atoms with Crippen LogP contribution in [0.3, 0.4) is 0 Å². The Morgan fingerprint density at radius 3 is 2.47 bits per heavy atom. The van der Waals surface area contributed by atoms with Crippen LogP contribution < -0.4 is 14.4 Å². The monoisotopic (exact) mass is 715 g/mol. The molecule has 3 heterocycles. The van der Waals surface area contributed by atoms with Crippen LogP contribution in [0.15, 0.2) is 36.4 Å². The summed E-state index contributed by atoms with van der Waals surface area (Å²) in [6.07, 6.45) is 7.16. The molecule has 270 valence electrons. The van der Waals surface area contributed by atoms with E-state index in [0.29, 0.717) is 43.0 Å². The van der Waals surface area contributed by atoms with Crippen molar-refractivity contribution in [3.8, 4) is 5.75 Å². The van der Waals surface area contributed by atoms with E-state index in [1.807, 2.05) is 37.3 Å². The van der Waals surface area contributed by atoms with Crippen LogP contribution in [0.1, 0.15) is 87.2 Å². The Kier molecular flexibility index (Phi) is 11.2. The van der Waals surface area contributed by atoms with Crippen molar-refractivity contribution in [3.63, 3.8) is 0 Å². The minimum Gasteiger partial charge on any atom is -0.487 e. The minimum atomic E-state index is -3.92. The number of carbonyl (C=O) groups excluding carboxylic acids is 1. The molecule has 2 aromatic rings. The van der Waals surface area contributed by atoms with Crippen molar-refractivity contribution in [2.24, 2.45) is 23.2 Å². The summed E-state index contributed by atoms with van der Waals surface area (Å²) in [6.45, 7) is 9.23. The second kappa shape index (κ2) is 15.1. The van der Waals surface area contributed by atoms with Crippen LogP contribution in [0, 0.1) is 23.2 Å². The van der Waals surface area contributed by atoms with Gasteiger partial charge in [-0.3, -0.25) is 4.79 Å². The Morgan fingerprint density at radius 1 is 0.980 bits per heavy atom. The van der Waals surface area contributed by atoms with Crippen molar-refractivity contribution in [2.45, 2.75) is 96.3 Å². The maximum atomic E-state index is 13.6. The molecule has 2 fully saturated rings. The third-order valence-corrected chi connectivity index (χ3v) is 14.2. The van der Waals surface area contributed by atoms with Crippen LogP contribution in [0.25, 0.3) is 0 Å². The summed E-state index contributed by atoms with van der Waals surface area (Å²) in [5.74, 6) is 0.704. The number of hydrogen-bond acceptors (Lipinski definition) is 8. The first-order chi connectivity index (χ1) is 23.4. The summed E-state index contributed by atoms with van der Waals surface area (Å²) in [5, 5.41) is -0.0139. The summed E-state index contributed by atoms with van der Waals surface area (Å²) in [7, 11) is 0.200. The minimum absolute atomic E-state index is 0.139. The van der Waals surface area contributed by atoms with E-state index in [9.17, 15) is 13.2 Å². The second-order valence-electron chi connectivity index (χ2n) is 15.4. The highest BCUT2D eigenvalue weighted by Crippen LogP contribution is 2.53. The average Bonchev–Trinajstić information content (AvgIpc) is 3.08. The van der Waals surface area contributed by atoms with Gasteiger partial charge in [0.2, 0.25) is 10.0 Å².